The van der Waals surface area contributed by atoms with E-state index in [-0.39, 0.29) is 0 Å². The van der Waals surface area contributed by atoms with Gasteiger partial charge in [0.25, 0.3) is 0 Å². The molecular formula is C12H13N3O2. The van der Waals surface area contributed by atoms with E-state index in [1.54, 1.807) is 19.1 Å². The Balaban J connectivity index is 2.81. The molecule has 0 unspecified atom stereocenters. The molecule has 0 heterocycles. The van der Waals surface area contributed by atoms with E-state index < -0.39 is 5.97 Å². The lowest BCUT2D eigenvalue weighted by Gasteiger charge is -2.04. The monoisotopic (exact) mass is 231 g/mol. The minimum Gasteiger partial charge on any atom is -0.478 e. The van der Waals surface area contributed by atoms with Crippen molar-refractivity contribution in [2.45, 2.75) is 13.3 Å². The molecule has 0 aliphatic rings. The average molecular weight is 231 g/mol. The molecule has 0 amide bonds. The van der Waals surface area contributed by atoms with E-state index in [9.17, 15) is 4.79 Å². The minimum absolute atomic E-state index is 0.308. The summed E-state index contributed by atoms with van der Waals surface area (Å²) in [5.41, 5.74) is 10.0. The average Bonchev–Trinajstić information content (AvgIpc) is 2.30. The molecule has 1 aromatic rings. The van der Waals surface area contributed by atoms with Crippen LogP contribution >= 0.6 is 0 Å². The Bertz CT molecular complexity index is 489. The highest BCUT2D eigenvalue weighted by Gasteiger charge is 2.07. The summed E-state index contributed by atoms with van der Waals surface area (Å²) in [5, 5.41) is 12.4. The number of hydrogen-bond acceptors (Lipinski definition) is 2. The zero-order valence-electron chi connectivity index (χ0n) is 9.50. The largest absolute Gasteiger partial charge is 0.478 e. The van der Waals surface area contributed by atoms with Gasteiger partial charge in [-0.15, -0.1) is 0 Å². The number of carbonyl (C=O) groups is 1. The number of hydrogen-bond donors (Lipinski definition) is 1. The molecule has 1 rings (SSSR count). The molecule has 0 saturated carbocycles. The maximum atomic E-state index is 10.9. The van der Waals surface area contributed by atoms with Gasteiger partial charge in [0, 0.05) is 11.5 Å². The first-order chi connectivity index (χ1) is 8.16. The van der Waals surface area contributed by atoms with E-state index in [2.05, 4.69) is 10.0 Å². The van der Waals surface area contributed by atoms with Gasteiger partial charge in [-0.25, -0.2) is 4.79 Å². The van der Waals surface area contributed by atoms with E-state index in [1.165, 1.54) is 0 Å². The van der Waals surface area contributed by atoms with E-state index in [4.69, 9.17) is 10.6 Å². The first-order valence-corrected chi connectivity index (χ1v) is 5.17. The minimum atomic E-state index is -0.924. The Morgan fingerprint density at radius 1 is 1.59 bits per heavy atom. The molecule has 17 heavy (non-hydrogen) atoms. The van der Waals surface area contributed by atoms with Crippen LogP contribution in [0.15, 0.2) is 29.4 Å². The van der Waals surface area contributed by atoms with Crippen LogP contribution in [0.5, 0.6) is 0 Å². The van der Waals surface area contributed by atoms with E-state index in [0.29, 0.717) is 18.5 Å². The van der Waals surface area contributed by atoms with Gasteiger partial charge >= 0.3 is 5.97 Å². The van der Waals surface area contributed by atoms with Crippen LogP contribution in [0.1, 0.15) is 27.9 Å². The van der Waals surface area contributed by atoms with Gasteiger partial charge in [-0.3, -0.25) is 0 Å². The second-order valence-electron chi connectivity index (χ2n) is 3.47. The van der Waals surface area contributed by atoms with Crippen molar-refractivity contribution in [3.8, 4) is 0 Å². The SMILES string of the molecule is Cc1c(C=CCCN=[N+]=[N-])cccc1C(=O)O. The summed E-state index contributed by atoms with van der Waals surface area (Å²) in [5.74, 6) is -0.924. The quantitative estimate of drug-likeness (QED) is 0.364. The predicted molar refractivity (Wildman–Crippen MR) is 65.8 cm³/mol. The van der Waals surface area contributed by atoms with E-state index >= 15 is 0 Å². The summed E-state index contributed by atoms with van der Waals surface area (Å²) in [6.45, 7) is 2.18. The van der Waals surface area contributed by atoms with Crippen LogP contribution in [-0.2, 0) is 0 Å². The van der Waals surface area contributed by atoms with Crippen molar-refractivity contribution in [3.05, 3.63) is 51.4 Å². The van der Waals surface area contributed by atoms with Gasteiger partial charge in [0.05, 0.1) is 5.56 Å². The Morgan fingerprint density at radius 2 is 2.35 bits per heavy atom. The number of benzene rings is 1. The molecule has 5 nitrogen and oxygen atoms in total. The van der Waals surface area contributed by atoms with Gasteiger partial charge in [-0.1, -0.05) is 29.4 Å². The number of carboxylic acids is 1. The molecule has 0 aliphatic carbocycles. The molecule has 0 atom stereocenters. The molecule has 0 aromatic heterocycles. The Morgan fingerprint density at radius 3 is 3.00 bits per heavy atom. The zero-order valence-corrected chi connectivity index (χ0v) is 9.50. The van der Waals surface area contributed by atoms with Crippen molar-refractivity contribution in [3.63, 3.8) is 0 Å². The van der Waals surface area contributed by atoms with Crippen molar-refractivity contribution in [2.24, 2.45) is 5.11 Å². The molecule has 1 N–H and O–H groups in total. The lowest BCUT2D eigenvalue weighted by atomic mass is 10.0. The highest BCUT2D eigenvalue weighted by atomic mass is 16.4. The molecule has 1 aromatic carbocycles. The molecule has 0 radical (unpaired) electrons. The molecule has 0 spiro atoms. The summed E-state index contributed by atoms with van der Waals surface area (Å²) in [7, 11) is 0. The smallest absolute Gasteiger partial charge is 0.335 e. The van der Waals surface area contributed by atoms with Crippen LogP contribution < -0.4 is 0 Å². The fourth-order valence-electron chi connectivity index (χ4n) is 1.45. The topological polar surface area (TPSA) is 86.1 Å². The fourth-order valence-corrected chi connectivity index (χ4v) is 1.45. The zero-order chi connectivity index (χ0) is 12.7. The van der Waals surface area contributed by atoms with Crippen LogP contribution in [0.2, 0.25) is 0 Å². The third kappa shape index (κ3) is 3.66. The molecular weight excluding hydrogens is 218 g/mol. The van der Waals surface area contributed by atoms with Crippen molar-refractivity contribution in [2.75, 3.05) is 6.54 Å². The molecule has 0 aliphatic heterocycles. The first kappa shape index (κ1) is 12.8. The summed E-state index contributed by atoms with van der Waals surface area (Å²) in [6.07, 6.45) is 4.35. The summed E-state index contributed by atoms with van der Waals surface area (Å²) in [6, 6.07) is 5.14. The van der Waals surface area contributed by atoms with Crippen LogP contribution in [0.3, 0.4) is 0 Å². The number of azide groups is 1. The van der Waals surface area contributed by atoms with Gasteiger partial charge in [0.15, 0.2) is 0 Å². The fraction of sp³-hybridized carbons (Fsp3) is 0.250. The maximum absolute atomic E-state index is 10.9. The third-order valence-electron chi connectivity index (χ3n) is 2.36. The second kappa shape index (κ2) is 6.35. The van der Waals surface area contributed by atoms with Crippen LogP contribution in [0.25, 0.3) is 16.5 Å². The number of aromatic carboxylic acids is 1. The Labute approximate surface area is 99.0 Å². The third-order valence-corrected chi connectivity index (χ3v) is 2.36. The number of rotatable bonds is 5. The van der Waals surface area contributed by atoms with E-state index in [1.807, 2.05) is 18.2 Å². The standard InChI is InChI=1S/C12H13N3O2/c1-9-10(5-2-3-8-14-15-13)6-4-7-11(9)12(16)17/h2,4-7H,3,8H2,1H3,(H,16,17). The van der Waals surface area contributed by atoms with Crippen molar-refractivity contribution in [1.82, 2.24) is 0 Å². The van der Waals surface area contributed by atoms with Gasteiger partial charge in [-0.05, 0) is 36.1 Å². The predicted octanol–water partition coefficient (Wildman–Crippen LogP) is 3.41. The first-order valence-electron chi connectivity index (χ1n) is 5.17. The van der Waals surface area contributed by atoms with Gasteiger partial charge < -0.3 is 5.11 Å². The van der Waals surface area contributed by atoms with Gasteiger partial charge in [-0.2, -0.15) is 0 Å². The number of nitrogens with zero attached hydrogens (tertiary/aromatic N) is 3. The molecule has 0 saturated heterocycles. The molecule has 88 valence electrons. The number of carboxylic acid groups (broad SMARTS) is 1. The lowest BCUT2D eigenvalue weighted by Crippen LogP contribution is -2.00. The Kier molecular flexibility index (Phi) is 4.78. The van der Waals surface area contributed by atoms with E-state index in [0.717, 1.165) is 11.1 Å². The molecule has 0 fully saturated rings. The summed E-state index contributed by atoms with van der Waals surface area (Å²) >= 11 is 0. The molecule has 0 bridgehead atoms. The van der Waals surface area contributed by atoms with Crippen LogP contribution in [0.4, 0.5) is 0 Å². The summed E-state index contributed by atoms with van der Waals surface area (Å²) < 4.78 is 0. The highest BCUT2D eigenvalue weighted by Crippen LogP contribution is 2.15. The maximum Gasteiger partial charge on any atom is 0.335 e. The van der Waals surface area contributed by atoms with Crippen molar-refractivity contribution in [1.29, 1.82) is 0 Å². The van der Waals surface area contributed by atoms with Gasteiger partial charge in [0.1, 0.15) is 0 Å². The normalized spacial score (nSPS) is 10.2. The van der Waals surface area contributed by atoms with Crippen molar-refractivity contribution >= 4 is 12.0 Å². The second-order valence-corrected chi connectivity index (χ2v) is 3.47. The Hall–Kier alpha value is -2.26. The summed E-state index contributed by atoms with van der Waals surface area (Å²) in [4.78, 5) is 13.6. The molecule has 5 heteroatoms. The van der Waals surface area contributed by atoms with Crippen LogP contribution in [-0.4, -0.2) is 17.6 Å². The van der Waals surface area contributed by atoms with Crippen molar-refractivity contribution < 1.29 is 9.90 Å². The van der Waals surface area contributed by atoms with Crippen LogP contribution in [0, 0.1) is 6.92 Å². The lowest BCUT2D eigenvalue weighted by molar-refractivity contribution is 0.0696. The van der Waals surface area contributed by atoms with Gasteiger partial charge in [0.2, 0.25) is 0 Å². The highest BCUT2D eigenvalue weighted by molar-refractivity contribution is 5.90.